The van der Waals surface area contributed by atoms with Crippen molar-refractivity contribution >= 4 is 5.57 Å². The van der Waals surface area contributed by atoms with Gasteiger partial charge < -0.3 is 4.90 Å². The van der Waals surface area contributed by atoms with Crippen LogP contribution in [0.2, 0.25) is 0 Å². The molecule has 1 aromatic heterocycles. The third kappa shape index (κ3) is 1.94. The van der Waals surface area contributed by atoms with Gasteiger partial charge in [0.2, 0.25) is 0 Å². The Morgan fingerprint density at radius 1 is 1.64 bits per heavy atom. The van der Waals surface area contributed by atoms with E-state index in [2.05, 4.69) is 11.2 Å². The number of nitriles is 1. The van der Waals surface area contributed by atoms with Gasteiger partial charge in [-0.15, -0.1) is 0 Å². The van der Waals surface area contributed by atoms with Crippen LogP contribution in [0, 0.1) is 18.3 Å². The zero-order valence-electron chi connectivity index (χ0n) is 8.94. The van der Waals surface area contributed by atoms with Crippen LogP contribution >= 0.6 is 0 Å². The summed E-state index contributed by atoms with van der Waals surface area (Å²) in [6.07, 6.45) is 3.56. The van der Waals surface area contributed by atoms with Crippen LogP contribution in [0.3, 0.4) is 0 Å². The van der Waals surface area contributed by atoms with Gasteiger partial charge in [0.15, 0.2) is 0 Å². The molecule has 0 saturated heterocycles. The number of aryl methyl sites for hydroxylation is 2. The molecule has 0 radical (unpaired) electrons. The second kappa shape index (κ2) is 3.97. The lowest BCUT2D eigenvalue weighted by atomic mass is 10.1. The Bertz CT molecular complexity index is 373. The third-order valence-electron chi connectivity index (χ3n) is 1.88. The Labute approximate surface area is 84.1 Å². The van der Waals surface area contributed by atoms with Crippen LogP contribution < -0.4 is 0 Å². The molecule has 14 heavy (non-hydrogen) atoms. The van der Waals surface area contributed by atoms with Gasteiger partial charge in [0.1, 0.15) is 6.07 Å². The first-order valence-electron chi connectivity index (χ1n) is 4.33. The maximum Gasteiger partial charge on any atom is 0.103 e. The molecule has 0 atom stereocenters. The highest BCUT2D eigenvalue weighted by atomic mass is 15.3. The van der Waals surface area contributed by atoms with E-state index >= 15 is 0 Å². The molecule has 0 aliphatic rings. The fourth-order valence-electron chi connectivity index (χ4n) is 1.34. The fraction of sp³-hybridized carbons (Fsp3) is 0.400. The molecule has 4 nitrogen and oxygen atoms in total. The van der Waals surface area contributed by atoms with Gasteiger partial charge in [-0.05, 0) is 12.5 Å². The summed E-state index contributed by atoms with van der Waals surface area (Å²) in [5, 5.41) is 13.1. The van der Waals surface area contributed by atoms with Crippen LogP contribution in [-0.2, 0) is 7.05 Å². The van der Waals surface area contributed by atoms with Gasteiger partial charge >= 0.3 is 0 Å². The van der Waals surface area contributed by atoms with Gasteiger partial charge in [-0.25, -0.2) is 0 Å². The molecular formula is C10H14N4. The Kier molecular flexibility index (Phi) is 2.92. The van der Waals surface area contributed by atoms with Crippen LogP contribution in [0.25, 0.3) is 5.57 Å². The number of hydrogen-bond donors (Lipinski definition) is 0. The predicted molar refractivity (Wildman–Crippen MR) is 55.2 cm³/mol. The zero-order valence-corrected chi connectivity index (χ0v) is 8.94. The summed E-state index contributed by atoms with van der Waals surface area (Å²) >= 11 is 0. The zero-order chi connectivity index (χ0) is 10.7. The SMILES string of the molecule is Cc1cnn(C)c1/C(C#N)=C/N(C)C. The van der Waals surface area contributed by atoms with Gasteiger partial charge in [-0.1, -0.05) is 0 Å². The van der Waals surface area contributed by atoms with E-state index in [4.69, 9.17) is 5.26 Å². The summed E-state index contributed by atoms with van der Waals surface area (Å²) in [5.41, 5.74) is 2.52. The minimum absolute atomic E-state index is 0.632. The first-order valence-corrected chi connectivity index (χ1v) is 4.33. The van der Waals surface area contributed by atoms with Gasteiger partial charge in [0, 0.05) is 27.3 Å². The maximum absolute atomic E-state index is 9.01. The van der Waals surface area contributed by atoms with E-state index in [1.807, 2.05) is 33.0 Å². The molecule has 1 heterocycles. The van der Waals surface area contributed by atoms with Crippen molar-refractivity contribution in [1.82, 2.24) is 14.7 Å². The van der Waals surface area contributed by atoms with E-state index in [1.165, 1.54) is 0 Å². The van der Waals surface area contributed by atoms with Gasteiger partial charge in [0.05, 0.1) is 17.5 Å². The van der Waals surface area contributed by atoms with Crippen molar-refractivity contribution in [2.45, 2.75) is 6.92 Å². The first-order chi connectivity index (χ1) is 6.56. The fourth-order valence-corrected chi connectivity index (χ4v) is 1.34. The summed E-state index contributed by atoms with van der Waals surface area (Å²) in [6.45, 7) is 1.95. The standard InChI is InChI=1S/C10H14N4/c1-8-6-12-14(4)10(8)9(5-11)7-13(2)3/h6-7H,1-4H3/b9-7+. The molecular weight excluding hydrogens is 176 g/mol. The number of allylic oxidation sites excluding steroid dienone is 1. The predicted octanol–water partition coefficient (Wildman–Crippen LogP) is 1.15. The summed E-state index contributed by atoms with van der Waals surface area (Å²) < 4.78 is 1.72. The molecule has 0 aliphatic heterocycles. The number of aromatic nitrogens is 2. The van der Waals surface area contributed by atoms with E-state index in [0.717, 1.165) is 11.3 Å². The van der Waals surface area contributed by atoms with Crippen molar-refractivity contribution in [1.29, 1.82) is 5.26 Å². The normalized spacial score (nSPS) is 11.2. The quantitative estimate of drug-likeness (QED) is 0.657. The summed E-state index contributed by atoms with van der Waals surface area (Å²) in [4.78, 5) is 1.85. The third-order valence-corrected chi connectivity index (χ3v) is 1.88. The van der Waals surface area contributed by atoms with Gasteiger partial charge in [-0.3, -0.25) is 4.68 Å². The molecule has 0 aromatic carbocycles. The van der Waals surface area contributed by atoms with Crippen LogP contribution in [0.1, 0.15) is 11.3 Å². The van der Waals surface area contributed by atoms with Crippen LogP contribution in [0.5, 0.6) is 0 Å². The van der Waals surface area contributed by atoms with E-state index in [1.54, 1.807) is 17.1 Å². The highest BCUT2D eigenvalue weighted by molar-refractivity contribution is 5.76. The summed E-state index contributed by atoms with van der Waals surface area (Å²) in [7, 11) is 5.62. The number of rotatable bonds is 2. The molecule has 0 saturated carbocycles. The van der Waals surface area contributed by atoms with Crippen molar-refractivity contribution in [2.24, 2.45) is 7.05 Å². The number of nitrogens with zero attached hydrogens (tertiary/aromatic N) is 4. The molecule has 0 N–H and O–H groups in total. The first kappa shape index (κ1) is 10.3. The minimum atomic E-state index is 0.632. The molecule has 0 fully saturated rings. The molecule has 0 unspecified atom stereocenters. The van der Waals surface area contributed by atoms with E-state index in [-0.39, 0.29) is 0 Å². The van der Waals surface area contributed by atoms with Crippen LogP contribution in [0.15, 0.2) is 12.4 Å². The highest BCUT2D eigenvalue weighted by Crippen LogP contribution is 2.16. The lowest BCUT2D eigenvalue weighted by Crippen LogP contribution is -2.05. The molecule has 0 aliphatic carbocycles. The second-order valence-corrected chi connectivity index (χ2v) is 3.42. The Morgan fingerprint density at radius 2 is 2.29 bits per heavy atom. The van der Waals surface area contributed by atoms with E-state index in [9.17, 15) is 0 Å². The van der Waals surface area contributed by atoms with Gasteiger partial charge in [0.25, 0.3) is 0 Å². The van der Waals surface area contributed by atoms with Crippen molar-refractivity contribution < 1.29 is 0 Å². The largest absolute Gasteiger partial charge is 0.382 e. The Hall–Kier alpha value is -1.76. The highest BCUT2D eigenvalue weighted by Gasteiger charge is 2.09. The maximum atomic E-state index is 9.01. The lowest BCUT2D eigenvalue weighted by Gasteiger charge is -2.07. The van der Waals surface area contributed by atoms with E-state index < -0.39 is 0 Å². The lowest BCUT2D eigenvalue weighted by molar-refractivity contribution is 0.565. The molecule has 0 amide bonds. The van der Waals surface area contributed by atoms with Crippen LogP contribution in [0.4, 0.5) is 0 Å². The second-order valence-electron chi connectivity index (χ2n) is 3.42. The van der Waals surface area contributed by atoms with Crippen molar-refractivity contribution in [3.63, 3.8) is 0 Å². The molecule has 1 aromatic rings. The summed E-state index contributed by atoms with van der Waals surface area (Å²) in [5.74, 6) is 0. The summed E-state index contributed by atoms with van der Waals surface area (Å²) in [6, 6.07) is 2.18. The average molecular weight is 190 g/mol. The van der Waals surface area contributed by atoms with Crippen molar-refractivity contribution in [2.75, 3.05) is 14.1 Å². The van der Waals surface area contributed by atoms with Crippen LogP contribution in [-0.4, -0.2) is 28.8 Å². The van der Waals surface area contributed by atoms with Crippen molar-refractivity contribution in [3.8, 4) is 6.07 Å². The van der Waals surface area contributed by atoms with Gasteiger partial charge in [-0.2, -0.15) is 10.4 Å². The molecule has 1 rings (SSSR count). The average Bonchev–Trinajstić information content (AvgIpc) is 2.43. The monoisotopic (exact) mass is 190 g/mol. The van der Waals surface area contributed by atoms with Crippen molar-refractivity contribution in [3.05, 3.63) is 23.7 Å². The molecule has 0 bridgehead atoms. The topological polar surface area (TPSA) is 44.9 Å². The number of hydrogen-bond acceptors (Lipinski definition) is 3. The smallest absolute Gasteiger partial charge is 0.103 e. The molecule has 0 spiro atoms. The minimum Gasteiger partial charge on any atom is -0.382 e. The Morgan fingerprint density at radius 3 is 2.64 bits per heavy atom. The molecule has 4 heteroatoms. The Balaban J connectivity index is 3.21. The molecule has 74 valence electrons. The van der Waals surface area contributed by atoms with E-state index in [0.29, 0.717) is 5.57 Å².